The van der Waals surface area contributed by atoms with Crippen LogP contribution in [-0.4, -0.2) is 35.1 Å². The van der Waals surface area contributed by atoms with Crippen molar-refractivity contribution in [3.8, 4) is 5.88 Å². The van der Waals surface area contributed by atoms with E-state index in [0.717, 1.165) is 24.6 Å². The fourth-order valence-corrected chi connectivity index (χ4v) is 3.79. The third kappa shape index (κ3) is 4.08. The molecule has 0 spiro atoms. The molecule has 0 amide bonds. The van der Waals surface area contributed by atoms with Crippen LogP contribution in [0.15, 0.2) is 12.4 Å². The van der Waals surface area contributed by atoms with E-state index in [0.29, 0.717) is 5.88 Å². The topological polar surface area (TPSA) is 47.0 Å². The number of nitrogens with one attached hydrogen (secondary N) is 1. The molecule has 0 saturated carbocycles. The Morgan fingerprint density at radius 2 is 2.11 bits per heavy atom. The van der Waals surface area contributed by atoms with E-state index >= 15 is 0 Å². The summed E-state index contributed by atoms with van der Waals surface area (Å²) in [6, 6.07) is 0.252. The lowest BCUT2D eigenvalue weighted by Gasteiger charge is -2.27. The molecule has 0 aromatic carbocycles. The molecule has 1 N–H and O–H groups in total. The summed E-state index contributed by atoms with van der Waals surface area (Å²) in [5.41, 5.74) is 0.949. The van der Waals surface area contributed by atoms with Crippen molar-refractivity contribution in [2.24, 2.45) is 5.92 Å². The van der Waals surface area contributed by atoms with Crippen LogP contribution in [0.2, 0.25) is 0 Å². The Balaban J connectivity index is 2.09. The van der Waals surface area contributed by atoms with Gasteiger partial charge in [-0.2, -0.15) is 11.8 Å². The maximum absolute atomic E-state index is 5.34. The van der Waals surface area contributed by atoms with Gasteiger partial charge in [-0.05, 0) is 43.2 Å². The van der Waals surface area contributed by atoms with Crippen molar-refractivity contribution >= 4 is 11.8 Å². The fraction of sp³-hybridized carbons (Fsp3) is 0.714. The van der Waals surface area contributed by atoms with Gasteiger partial charge in [-0.1, -0.05) is 6.92 Å². The highest BCUT2D eigenvalue weighted by Gasteiger charge is 2.23. The summed E-state index contributed by atoms with van der Waals surface area (Å²) in [6.07, 6.45) is 7.19. The Bertz CT molecular complexity index is 383. The molecule has 1 unspecified atom stereocenters. The van der Waals surface area contributed by atoms with Crippen LogP contribution in [0.4, 0.5) is 0 Å². The second-order valence-electron chi connectivity index (χ2n) is 4.85. The van der Waals surface area contributed by atoms with Crippen molar-refractivity contribution in [3.63, 3.8) is 0 Å². The highest BCUT2D eigenvalue weighted by Crippen LogP contribution is 2.32. The molecule has 1 aromatic heterocycles. The van der Waals surface area contributed by atoms with E-state index in [1.54, 1.807) is 19.5 Å². The number of aromatic nitrogens is 2. The first kappa shape index (κ1) is 14.6. The summed E-state index contributed by atoms with van der Waals surface area (Å²) in [6.45, 7) is 3.07. The van der Waals surface area contributed by atoms with E-state index in [4.69, 9.17) is 4.74 Å². The fourth-order valence-electron chi connectivity index (χ4n) is 2.59. The van der Waals surface area contributed by atoms with E-state index < -0.39 is 0 Å². The molecule has 0 bridgehead atoms. The maximum Gasteiger partial charge on any atom is 0.236 e. The van der Waals surface area contributed by atoms with Crippen LogP contribution in [0.1, 0.15) is 37.9 Å². The zero-order valence-electron chi connectivity index (χ0n) is 11.8. The minimum atomic E-state index is 0.252. The van der Waals surface area contributed by atoms with Gasteiger partial charge in [-0.3, -0.25) is 4.98 Å². The van der Waals surface area contributed by atoms with Crippen molar-refractivity contribution in [2.75, 3.05) is 25.2 Å². The lowest BCUT2D eigenvalue weighted by atomic mass is 9.92. The first-order chi connectivity index (χ1) is 9.35. The Hall–Kier alpha value is -0.810. The van der Waals surface area contributed by atoms with E-state index in [9.17, 15) is 0 Å². The Labute approximate surface area is 119 Å². The summed E-state index contributed by atoms with van der Waals surface area (Å²) in [5.74, 6) is 4.03. The van der Waals surface area contributed by atoms with Gasteiger partial charge in [0, 0.05) is 12.4 Å². The van der Waals surface area contributed by atoms with Crippen LogP contribution in [0.3, 0.4) is 0 Å². The quantitative estimate of drug-likeness (QED) is 0.868. The zero-order valence-corrected chi connectivity index (χ0v) is 12.6. The predicted molar refractivity (Wildman–Crippen MR) is 79.7 cm³/mol. The molecule has 1 aromatic rings. The summed E-state index contributed by atoms with van der Waals surface area (Å²) >= 11 is 2.07. The minimum absolute atomic E-state index is 0.252. The second-order valence-corrected chi connectivity index (χ2v) is 6.08. The van der Waals surface area contributed by atoms with Gasteiger partial charge in [0.25, 0.3) is 0 Å². The third-order valence-corrected chi connectivity index (χ3v) is 4.62. The van der Waals surface area contributed by atoms with Gasteiger partial charge in [0.1, 0.15) is 5.69 Å². The zero-order chi connectivity index (χ0) is 13.5. The Morgan fingerprint density at radius 1 is 1.37 bits per heavy atom. The lowest BCUT2D eigenvalue weighted by molar-refractivity contribution is 0.342. The average molecular weight is 281 g/mol. The standard InChI is InChI=1S/C14H23N3OS/c1-3-15-12(10-11-4-8-19-9-5-11)13-14(18-2)17-7-6-16-13/h6-7,11-12,15H,3-5,8-10H2,1-2H3. The van der Waals surface area contributed by atoms with E-state index in [1.165, 1.54) is 24.3 Å². The van der Waals surface area contributed by atoms with Gasteiger partial charge in [-0.25, -0.2) is 4.98 Å². The molecule has 19 heavy (non-hydrogen) atoms. The predicted octanol–water partition coefficient (Wildman–Crippen LogP) is 2.67. The largest absolute Gasteiger partial charge is 0.480 e. The molecule has 1 saturated heterocycles. The van der Waals surface area contributed by atoms with Crippen molar-refractivity contribution < 1.29 is 4.74 Å². The van der Waals surface area contributed by atoms with Crippen molar-refractivity contribution in [2.45, 2.75) is 32.2 Å². The van der Waals surface area contributed by atoms with E-state index in [1.807, 2.05) is 0 Å². The molecule has 5 heteroatoms. The van der Waals surface area contributed by atoms with Gasteiger partial charge in [0.2, 0.25) is 5.88 Å². The van der Waals surface area contributed by atoms with E-state index in [2.05, 4.69) is 34.0 Å². The Morgan fingerprint density at radius 3 is 2.79 bits per heavy atom. The smallest absolute Gasteiger partial charge is 0.236 e. The Kier molecular flexibility index (Phi) is 5.92. The molecule has 2 rings (SSSR count). The third-order valence-electron chi connectivity index (χ3n) is 3.58. The van der Waals surface area contributed by atoms with Gasteiger partial charge in [0.15, 0.2) is 0 Å². The monoisotopic (exact) mass is 281 g/mol. The van der Waals surface area contributed by atoms with Crippen LogP contribution < -0.4 is 10.1 Å². The highest BCUT2D eigenvalue weighted by molar-refractivity contribution is 7.99. The molecule has 1 aliphatic rings. The molecule has 0 radical (unpaired) electrons. The number of hydrogen-bond acceptors (Lipinski definition) is 5. The van der Waals surface area contributed by atoms with Crippen LogP contribution in [0.5, 0.6) is 5.88 Å². The summed E-state index contributed by atoms with van der Waals surface area (Å²) in [7, 11) is 1.66. The lowest BCUT2D eigenvalue weighted by Crippen LogP contribution is -2.26. The first-order valence-corrected chi connectivity index (χ1v) is 8.16. The van der Waals surface area contributed by atoms with E-state index in [-0.39, 0.29) is 6.04 Å². The normalized spacial score (nSPS) is 18.2. The molecular weight excluding hydrogens is 258 g/mol. The number of nitrogens with zero attached hydrogens (tertiary/aromatic N) is 2. The van der Waals surface area contributed by atoms with Gasteiger partial charge >= 0.3 is 0 Å². The minimum Gasteiger partial charge on any atom is -0.480 e. The summed E-state index contributed by atoms with van der Waals surface area (Å²) in [4.78, 5) is 8.74. The molecule has 0 aliphatic carbocycles. The van der Waals surface area contributed by atoms with Crippen molar-refractivity contribution in [1.82, 2.24) is 15.3 Å². The SMILES string of the molecule is CCNC(CC1CCSCC1)c1nccnc1OC. The summed E-state index contributed by atoms with van der Waals surface area (Å²) < 4.78 is 5.34. The molecule has 1 fully saturated rings. The molecule has 1 atom stereocenters. The number of methoxy groups -OCH3 is 1. The summed E-state index contributed by atoms with van der Waals surface area (Å²) in [5, 5.41) is 3.53. The number of hydrogen-bond donors (Lipinski definition) is 1. The van der Waals surface area contributed by atoms with Gasteiger partial charge in [0.05, 0.1) is 13.2 Å². The van der Waals surface area contributed by atoms with Crippen molar-refractivity contribution in [1.29, 1.82) is 0 Å². The van der Waals surface area contributed by atoms with Crippen LogP contribution in [-0.2, 0) is 0 Å². The van der Waals surface area contributed by atoms with Crippen LogP contribution >= 0.6 is 11.8 Å². The van der Waals surface area contributed by atoms with Crippen LogP contribution in [0.25, 0.3) is 0 Å². The molecular formula is C14H23N3OS. The molecule has 1 aliphatic heterocycles. The number of rotatable bonds is 6. The molecule has 2 heterocycles. The number of thioether (sulfide) groups is 1. The average Bonchev–Trinajstić information content (AvgIpc) is 2.48. The number of ether oxygens (including phenoxy) is 1. The molecule has 4 nitrogen and oxygen atoms in total. The second kappa shape index (κ2) is 7.70. The highest BCUT2D eigenvalue weighted by atomic mass is 32.2. The van der Waals surface area contributed by atoms with Crippen molar-refractivity contribution in [3.05, 3.63) is 18.1 Å². The van der Waals surface area contributed by atoms with Crippen LogP contribution in [0, 0.1) is 5.92 Å². The van der Waals surface area contributed by atoms with Gasteiger partial charge in [-0.15, -0.1) is 0 Å². The first-order valence-electron chi connectivity index (χ1n) is 7.01. The maximum atomic E-state index is 5.34. The van der Waals surface area contributed by atoms with Gasteiger partial charge < -0.3 is 10.1 Å². The molecule has 106 valence electrons.